The SMILES string of the molecule is CN(C)c1ccc(CNC[C@@H](O)[C@H](Cc2cc(F)cc(F)c2)NC(=O)O)cc1. The molecule has 2 aromatic carbocycles. The third-order valence-corrected chi connectivity index (χ3v) is 4.29. The fraction of sp³-hybridized carbons (Fsp3) is 0.350. The molecule has 0 aromatic heterocycles. The van der Waals surface area contributed by atoms with Crippen molar-refractivity contribution in [2.75, 3.05) is 25.5 Å². The zero-order valence-corrected chi connectivity index (χ0v) is 15.8. The van der Waals surface area contributed by atoms with Crippen molar-refractivity contribution in [2.45, 2.75) is 25.1 Å². The summed E-state index contributed by atoms with van der Waals surface area (Å²) in [7, 11) is 3.90. The van der Waals surface area contributed by atoms with E-state index in [0.717, 1.165) is 29.4 Å². The molecule has 0 saturated carbocycles. The van der Waals surface area contributed by atoms with Crippen LogP contribution in [0.2, 0.25) is 0 Å². The van der Waals surface area contributed by atoms with Gasteiger partial charge in [0.05, 0.1) is 12.1 Å². The first-order valence-electron chi connectivity index (χ1n) is 8.84. The van der Waals surface area contributed by atoms with Crippen molar-refractivity contribution >= 4 is 11.8 Å². The predicted molar refractivity (Wildman–Crippen MR) is 103 cm³/mol. The number of benzene rings is 2. The highest BCUT2D eigenvalue weighted by molar-refractivity contribution is 5.65. The van der Waals surface area contributed by atoms with Crippen molar-refractivity contribution in [1.29, 1.82) is 0 Å². The number of aliphatic hydroxyl groups excluding tert-OH is 1. The van der Waals surface area contributed by atoms with Crippen LogP contribution in [0.4, 0.5) is 19.3 Å². The number of aliphatic hydroxyl groups is 1. The van der Waals surface area contributed by atoms with Crippen LogP contribution >= 0.6 is 0 Å². The number of hydrogen-bond acceptors (Lipinski definition) is 4. The van der Waals surface area contributed by atoms with Gasteiger partial charge in [0, 0.05) is 38.9 Å². The fourth-order valence-electron chi connectivity index (χ4n) is 2.84. The number of anilines is 1. The molecule has 28 heavy (non-hydrogen) atoms. The Morgan fingerprint density at radius 2 is 1.68 bits per heavy atom. The monoisotopic (exact) mass is 393 g/mol. The van der Waals surface area contributed by atoms with Crippen LogP contribution in [0.1, 0.15) is 11.1 Å². The van der Waals surface area contributed by atoms with Gasteiger partial charge in [-0.2, -0.15) is 0 Å². The third kappa shape index (κ3) is 6.79. The molecule has 8 heteroatoms. The molecule has 0 aliphatic rings. The number of carboxylic acid groups (broad SMARTS) is 1. The summed E-state index contributed by atoms with van der Waals surface area (Å²) in [6, 6.07) is 9.92. The Balaban J connectivity index is 1.94. The minimum Gasteiger partial charge on any atom is -0.465 e. The molecule has 0 saturated heterocycles. The second-order valence-corrected chi connectivity index (χ2v) is 6.80. The standard InChI is InChI=1S/C20H25F2N3O3/c1-25(2)17-5-3-13(4-6-17)11-23-12-19(26)18(24-20(27)28)9-14-7-15(21)10-16(22)8-14/h3-8,10,18-19,23-24,26H,9,11-12H2,1-2H3,(H,27,28)/t18-,19+/m0/s1. The topological polar surface area (TPSA) is 84.8 Å². The molecular formula is C20H25F2N3O3. The Kier molecular flexibility index (Phi) is 7.71. The molecule has 1 amide bonds. The van der Waals surface area contributed by atoms with E-state index in [9.17, 15) is 18.7 Å². The minimum absolute atomic E-state index is 0.0403. The highest BCUT2D eigenvalue weighted by Crippen LogP contribution is 2.13. The molecule has 2 rings (SSSR count). The normalized spacial score (nSPS) is 13.0. The first kappa shape index (κ1) is 21.6. The average Bonchev–Trinajstić information content (AvgIpc) is 2.60. The maximum Gasteiger partial charge on any atom is 0.404 e. The van der Waals surface area contributed by atoms with Crippen LogP contribution in [-0.4, -0.2) is 49.1 Å². The van der Waals surface area contributed by atoms with Crippen LogP contribution in [0, 0.1) is 11.6 Å². The molecule has 2 aromatic rings. The van der Waals surface area contributed by atoms with Crippen LogP contribution in [0.5, 0.6) is 0 Å². The van der Waals surface area contributed by atoms with Crippen molar-refractivity contribution in [2.24, 2.45) is 0 Å². The summed E-state index contributed by atoms with van der Waals surface area (Å²) in [6.45, 7) is 0.595. The Morgan fingerprint density at radius 3 is 2.21 bits per heavy atom. The number of amides is 1. The zero-order valence-electron chi connectivity index (χ0n) is 15.8. The molecular weight excluding hydrogens is 368 g/mol. The largest absolute Gasteiger partial charge is 0.465 e. The summed E-state index contributed by atoms with van der Waals surface area (Å²) in [5.74, 6) is -1.50. The van der Waals surface area contributed by atoms with Crippen LogP contribution in [0.25, 0.3) is 0 Å². The number of halogens is 2. The number of nitrogens with zero attached hydrogens (tertiary/aromatic N) is 1. The van der Waals surface area contributed by atoms with Crippen LogP contribution in [0.3, 0.4) is 0 Å². The van der Waals surface area contributed by atoms with Crippen molar-refractivity contribution in [3.8, 4) is 0 Å². The van der Waals surface area contributed by atoms with Gasteiger partial charge in [-0.25, -0.2) is 13.6 Å². The van der Waals surface area contributed by atoms with E-state index in [1.165, 1.54) is 0 Å². The van der Waals surface area contributed by atoms with Crippen molar-refractivity contribution < 1.29 is 23.8 Å². The van der Waals surface area contributed by atoms with E-state index < -0.39 is 29.9 Å². The van der Waals surface area contributed by atoms with Gasteiger partial charge in [0.25, 0.3) is 0 Å². The smallest absolute Gasteiger partial charge is 0.404 e. The lowest BCUT2D eigenvalue weighted by atomic mass is 10.0. The molecule has 0 heterocycles. The number of carbonyl (C=O) groups is 1. The second kappa shape index (κ2) is 10.0. The molecule has 6 nitrogen and oxygen atoms in total. The summed E-state index contributed by atoms with van der Waals surface area (Å²) in [4.78, 5) is 13.0. The molecule has 0 bridgehead atoms. The highest BCUT2D eigenvalue weighted by Gasteiger charge is 2.22. The number of rotatable bonds is 9. The fourth-order valence-corrected chi connectivity index (χ4v) is 2.84. The Bertz CT molecular complexity index is 765. The van der Waals surface area contributed by atoms with Crippen LogP contribution in [0.15, 0.2) is 42.5 Å². The van der Waals surface area contributed by atoms with Gasteiger partial charge in [0.2, 0.25) is 0 Å². The summed E-state index contributed by atoms with van der Waals surface area (Å²) >= 11 is 0. The minimum atomic E-state index is -1.32. The van der Waals surface area contributed by atoms with Crippen molar-refractivity contribution in [3.63, 3.8) is 0 Å². The van der Waals surface area contributed by atoms with E-state index in [1.54, 1.807) is 0 Å². The number of hydrogen-bond donors (Lipinski definition) is 4. The summed E-state index contributed by atoms with van der Waals surface area (Å²) < 4.78 is 26.7. The third-order valence-electron chi connectivity index (χ3n) is 4.29. The molecule has 0 aliphatic heterocycles. The van der Waals surface area contributed by atoms with Crippen molar-refractivity contribution in [3.05, 3.63) is 65.2 Å². The summed E-state index contributed by atoms with van der Waals surface area (Å²) in [6.07, 6.45) is -2.44. The molecule has 2 atom stereocenters. The van der Waals surface area contributed by atoms with E-state index in [0.29, 0.717) is 6.54 Å². The van der Waals surface area contributed by atoms with Crippen LogP contribution in [-0.2, 0) is 13.0 Å². The molecule has 152 valence electrons. The molecule has 0 unspecified atom stereocenters. The van der Waals surface area contributed by atoms with Crippen molar-refractivity contribution in [1.82, 2.24) is 10.6 Å². The maximum absolute atomic E-state index is 13.4. The van der Waals surface area contributed by atoms with Gasteiger partial charge in [0.15, 0.2) is 0 Å². The Labute approximate surface area is 162 Å². The van der Waals surface area contributed by atoms with E-state index >= 15 is 0 Å². The first-order valence-corrected chi connectivity index (χ1v) is 8.84. The molecule has 0 aliphatic carbocycles. The summed E-state index contributed by atoms with van der Waals surface area (Å²) in [5, 5.41) is 24.6. The quantitative estimate of drug-likeness (QED) is 0.526. The average molecular weight is 393 g/mol. The van der Waals surface area contributed by atoms with Gasteiger partial charge in [-0.05, 0) is 41.8 Å². The Morgan fingerprint density at radius 1 is 1.07 bits per heavy atom. The molecule has 0 fully saturated rings. The maximum atomic E-state index is 13.4. The van der Waals surface area contributed by atoms with E-state index in [-0.39, 0.29) is 18.5 Å². The van der Waals surface area contributed by atoms with Gasteiger partial charge < -0.3 is 25.7 Å². The van der Waals surface area contributed by atoms with E-state index in [2.05, 4.69) is 10.6 Å². The zero-order chi connectivity index (χ0) is 20.7. The lowest BCUT2D eigenvalue weighted by Gasteiger charge is -2.23. The van der Waals surface area contributed by atoms with Gasteiger partial charge in [-0.1, -0.05) is 12.1 Å². The summed E-state index contributed by atoms with van der Waals surface area (Å²) in [5.41, 5.74) is 2.33. The predicted octanol–water partition coefficient (Wildman–Crippen LogP) is 2.36. The van der Waals surface area contributed by atoms with Gasteiger partial charge >= 0.3 is 6.09 Å². The Hall–Kier alpha value is -2.71. The molecule has 0 radical (unpaired) electrons. The molecule has 0 spiro atoms. The second-order valence-electron chi connectivity index (χ2n) is 6.80. The lowest BCUT2D eigenvalue weighted by molar-refractivity contribution is 0.117. The molecule has 4 N–H and O–H groups in total. The van der Waals surface area contributed by atoms with Gasteiger partial charge in [-0.3, -0.25) is 0 Å². The van der Waals surface area contributed by atoms with Crippen LogP contribution < -0.4 is 15.5 Å². The first-order chi connectivity index (χ1) is 13.2. The van der Waals surface area contributed by atoms with Gasteiger partial charge in [0.1, 0.15) is 11.6 Å². The van der Waals surface area contributed by atoms with Gasteiger partial charge in [-0.15, -0.1) is 0 Å². The number of nitrogens with one attached hydrogen (secondary N) is 2. The van der Waals surface area contributed by atoms with E-state index in [1.807, 2.05) is 43.3 Å². The lowest BCUT2D eigenvalue weighted by Crippen LogP contribution is -2.48. The van der Waals surface area contributed by atoms with E-state index in [4.69, 9.17) is 5.11 Å². The highest BCUT2D eigenvalue weighted by atomic mass is 19.1.